The molecule has 180 valence electrons. The molecule has 0 saturated carbocycles. The molecule has 1 aliphatic heterocycles. The van der Waals surface area contributed by atoms with E-state index in [0.717, 1.165) is 16.7 Å². The van der Waals surface area contributed by atoms with Gasteiger partial charge in [-0.1, -0.05) is 65.0 Å². The highest BCUT2D eigenvalue weighted by Gasteiger charge is 2.47. The number of aliphatic hydroxyl groups excluding tert-OH is 1. The van der Waals surface area contributed by atoms with Crippen molar-refractivity contribution in [2.24, 2.45) is 0 Å². The lowest BCUT2D eigenvalue weighted by atomic mass is 9.84. The van der Waals surface area contributed by atoms with Gasteiger partial charge in [0.25, 0.3) is 11.7 Å². The number of aliphatic hydroxyl groups is 1. The van der Waals surface area contributed by atoms with E-state index in [2.05, 4.69) is 39.6 Å². The number of carbonyl (C=O) groups is 2. The van der Waals surface area contributed by atoms with Crippen molar-refractivity contribution in [3.05, 3.63) is 100 Å². The Bertz CT molecular complexity index is 1300. The Morgan fingerprint density at radius 1 is 1.00 bits per heavy atom. The molecule has 0 spiro atoms. The Morgan fingerprint density at radius 3 is 2.26 bits per heavy atom. The minimum absolute atomic E-state index is 0.0517. The highest BCUT2D eigenvalue weighted by molar-refractivity contribution is 6.51. The summed E-state index contributed by atoms with van der Waals surface area (Å²) in [6.07, 6.45) is 1.63. The van der Waals surface area contributed by atoms with E-state index in [-0.39, 0.29) is 16.7 Å². The molecule has 4 rings (SSSR count). The molecular formula is C30H32N2O3. The maximum Gasteiger partial charge on any atom is 0.300 e. The monoisotopic (exact) mass is 468 g/mol. The van der Waals surface area contributed by atoms with Crippen LogP contribution in [-0.4, -0.2) is 21.8 Å². The van der Waals surface area contributed by atoms with Crippen LogP contribution in [0.15, 0.2) is 72.4 Å². The molecule has 0 radical (unpaired) electrons. The lowest BCUT2D eigenvalue weighted by Crippen LogP contribution is -2.29. The van der Waals surface area contributed by atoms with E-state index in [0.29, 0.717) is 22.9 Å². The molecule has 0 aliphatic carbocycles. The Labute approximate surface area is 207 Å². The van der Waals surface area contributed by atoms with Crippen molar-refractivity contribution < 1.29 is 14.7 Å². The number of benzene rings is 2. The number of rotatable bonds is 4. The van der Waals surface area contributed by atoms with Gasteiger partial charge in [0.05, 0.1) is 11.3 Å². The predicted octanol–water partition coefficient (Wildman–Crippen LogP) is 6.44. The quantitative estimate of drug-likeness (QED) is 0.272. The van der Waals surface area contributed by atoms with Gasteiger partial charge in [0.1, 0.15) is 11.8 Å². The van der Waals surface area contributed by atoms with Crippen LogP contribution in [0.5, 0.6) is 0 Å². The van der Waals surface area contributed by atoms with Crippen molar-refractivity contribution in [3.8, 4) is 0 Å². The molecule has 2 aromatic carbocycles. The van der Waals surface area contributed by atoms with Crippen LogP contribution in [0.1, 0.15) is 74.5 Å². The van der Waals surface area contributed by atoms with E-state index in [1.165, 1.54) is 4.90 Å². The summed E-state index contributed by atoms with van der Waals surface area (Å²) < 4.78 is 0. The molecule has 1 N–H and O–H groups in total. The number of amides is 1. The van der Waals surface area contributed by atoms with Gasteiger partial charge in [-0.2, -0.15) is 0 Å². The summed E-state index contributed by atoms with van der Waals surface area (Å²) in [7, 11) is 0. The van der Waals surface area contributed by atoms with Crippen LogP contribution < -0.4 is 4.90 Å². The summed E-state index contributed by atoms with van der Waals surface area (Å²) in [6, 6.07) is 18.0. The third-order valence-electron chi connectivity index (χ3n) is 6.61. The molecule has 0 bridgehead atoms. The maximum atomic E-state index is 13.4. The number of anilines is 1. The Balaban J connectivity index is 1.93. The Hall–Kier alpha value is -3.73. The number of pyridine rings is 1. The van der Waals surface area contributed by atoms with Crippen LogP contribution in [0.2, 0.25) is 0 Å². The lowest BCUT2D eigenvalue weighted by molar-refractivity contribution is -0.132. The van der Waals surface area contributed by atoms with Gasteiger partial charge in [-0.05, 0) is 65.3 Å². The summed E-state index contributed by atoms with van der Waals surface area (Å²) in [4.78, 5) is 32.7. The number of aryl methyl sites for hydroxylation is 1. The van der Waals surface area contributed by atoms with Gasteiger partial charge >= 0.3 is 0 Å². The minimum atomic E-state index is -0.834. The van der Waals surface area contributed by atoms with Gasteiger partial charge in [-0.15, -0.1) is 0 Å². The Morgan fingerprint density at radius 2 is 1.69 bits per heavy atom. The van der Waals surface area contributed by atoms with E-state index >= 15 is 0 Å². The van der Waals surface area contributed by atoms with E-state index in [9.17, 15) is 14.7 Å². The number of nitrogens with zero attached hydrogens (tertiary/aromatic N) is 2. The van der Waals surface area contributed by atoms with Crippen LogP contribution in [0, 0.1) is 6.92 Å². The van der Waals surface area contributed by atoms with Gasteiger partial charge in [-0.3, -0.25) is 19.5 Å². The second kappa shape index (κ2) is 9.14. The SMILES string of the molecule is Cc1ccc(C(C)(C)C)cc1/C(O)=C1\C(=O)C(=O)N(c2ccc(C(C)C)cc2)C1c1ccccn1. The summed E-state index contributed by atoms with van der Waals surface area (Å²) in [5, 5.41) is 11.5. The number of ketones is 1. The third-order valence-corrected chi connectivity index (χ3v) is 6.61. The molecule has 1 atom stereocenters. The molecule has 1 unspecified atom stereocenters. The van der Waals surface area contributed by atoms with Gasteiger partial charge < -0.3 is 5.11 Å². The molecule has 3 aromatic rings. The zero-order chi connectivity index (χ0) is 25.5. The molecule has 1 fully saturated rings. The number of hydrogen-bond acceptors (Lipinski definition) is 4. The summed E-state index contributed by atoms with van der Waals surface area (Å²) in [6.45, 7) is 12.4. The normalized spacial score (nSPS) is 17.9. The molecule has 35 heavy (non-hydrogen) atoms. The first kappa shape index (κ1) is 24.4. The van der Waals surface area contributed by atoms with Crippen LogP contribution in [-0.2, 0) is 15.0 Å². The van der Waals surface area contributed by atoms with Gasteiger partial charge in [0.15, 0.2) is 0 Å². The highest BCUT2D eigenvalue weighted by atomic mass is 16.3. The largest absolute Gasteiger partial charge is 0.507 e. The fraction of sp³-hybridized carbons (Fsp3) is 0.300. The Kier molecular flexibility index (Phi) is 6.37. The summed E-state index contributed by atoms with van der Waals surface area (Å²) in [5.74, 6) is -1.23. The topological polar surface area (TPSA) is 70.5 Å². The molecule has 1 saturated heterocycles. The number of aromatic nitrogens is 1. The number of carbonyl (C=O) groups excluding carboxylic acids is 2. The molecule has 1 aliphatic rings. The van der Waals surface area contributed by atoms with Crippen molar-refractivity contribution in [1.29, 1.82) is 0 Å². The van der Waals surface area contributed by atoms with Gasteiger partial charge in [-0.25, -0.2) is 0 Å². The zero-order valence-corrected chi connectivity index (χ0v) is 21.2. The second-order valence-electron chi connectivity index (χ2n) is 10.4. The predicted molar refractivity (Wildman–Crippen MR) is 139 cm³/mol. The van der Waals surface area contributed by atoms with Crippen molar-refractivity contribution in [2.45, 2.75) is 58.9 Å². The molecule has 5 nitrogen and oxygen atoms in total. The zero-order valence-electron chi connectivity index (χ0n) is 21.2. The highest BCUT2D eigenvalue weighted by Crippen LogP contribution is 2.42. The van der Waals surface area contributed by atoms with E-state index < -0.39 is 17.7 Å². The second-order valence-corrected chi connectivity index (χ2v) is 10.4. The molecule has 5 heteroatoms. The first-order valence-corrected chi connectivity index (χ1v) is 11.9. The average molecular weight is 469 g/mol. The standard InChI is InChI=1S/C30H32N2O3/c1-18(2)20-11-14-22(15-12-20)32-26(24-9-7-8-16-31-24)25(28(34)29(32)35)27(33)23-17-21(30(4,5)6)13-10-19(23)3/h7-18,26,33H,1-6H3/b27-25+. The molecular weight excluding hydrogens is 436 g/mol. The van der Waals surface area contributed by atoms with Gasteiger partial charge in [0, 0.05) is 17.4 Å². The molecule has 2 heterocycles. The first-order valence-electron chi connectivity index (χ1n) is 11.9. The fourth-order valence-electron chi connectivity index (χ4n) is 4.42. The van der Waals surface area contributed by atoms with E-state index in [1.54, 1.807) is 18.3 Å². The smallest absolute Gasteiger partial charge is 0.300 e. The molecule has 1 amide bonds. The van der Waals surface area contributed by atoms with E-state index in [4.69, 9.17) is 0 Å². The van der Waals surface area contributed by atoms with Crippen molar-refractivity contribution in [2.75, 3.05) is 4.90 Å². The fourth-order valence-corrected chi connectivity index (χ4v) is 4.42. The maximum absolute atomic E-state index is 13.4. The minimum Gasteiger partial charge on any atom is -0.507 e. The van der Waals surface area contributed by atoms with Crippen LogP contribution in [0.25, 0.3) is 5.76 Å². The van der Waals surface area contributed by atoms with Crippen LogP contribution in [0.4, 0.5) is 5.69 Å². The first-order chi connectivity index (χ1) is 16.5. The summed E-state index contributed by atoms with van der Waals surface area (Å²) in [5.41, 5.74) is 4.54. The van der Waals surface area contributed by atoms with Crippen LogP contribution in [0.3, 0.4) is 0 Å². The molecule has 1 aromatic heterocycles. The lowest BCUT2D eigenvalue weighted by Gasteiger charge is -2.25. The average Bonchev–Trinajstić information content (AvgIpc) is 3.09. The van der Waals surface area contributed by atoms with Gasteiger partial charge in [0.2, 0.25) is 0 Å². The summed E-state index contributed by atoms with van der Waals surface area (Å²) >= 11 is 0. The number of Topliss-reactive ketones (excluding diaryl/α,β-unsaturated/α-hetero) is 1. The number of hydrogen-bond donors (Lipinski definition) is 1. The van der Waals surface area contributed by atoms with Crippen molar-refractivity contribution in [1.82, 2.24) is 4.98 Å². The third kappa shape index (κ3) is 4.51. The van der Waals surface area contributed by atoms with E-state index in [1.807, 2.05) is 55.5 Å². The van der Waals surface area contributed by atoms with Crippen molar-refractivity contribution in [3.63, 3.8) is 0 Å². The van der Waals surface area contributed by atoms with Crippen LogP contribution >= 0.6 is 0 Å². The van der Waals surface area contributed by atoms with Crippen molar-refractivity contribution >= 4 is 23.1 Å².